The Kier molecular flexibility index (Phi) is 4.83. The number of carbonyl (C=O) groups excluding carboxylic acids is 1. The van der Waals surface area contributed by atoms with Gasteiger partial charge < -0.3 is 9.47 Å². The van der Waals surface area contributed by atoms with Crippen molar-refractivity contribution in [3.63, 3.8) is 0 Å². The van der Waals surface area contributed by atoms with Gasteiger partial charge in [-0.05, 0) is 49.2 Å². The van der Waals surface area contributed by atoms with E-state index in [-0.39, 0.29) is 17.7 Å². The molecule has 1 aliphatic heterocycles. The lowest BCUT2D eigenvalue weighted by molar-refractivity contribution is -0.138. The summed E-state index contributed by atoms with van der Waals surface area (Å²) in [5.74, 6) is 0.182. The van der Waals surface area contributed by atoms with Crippen LogP contribution < -0.4 is 0 Å². The van der Waals surface area contributed by atoms with E-state index in [1.807, 2.05) is 4.57 Å². The molecule has 0 radical (unpaired) electrons. The minimum absolute atomic E-state index is 0.0263. The summed E-state index contributed by atoms with van der Waals surface area (Å²) < 4.78 is 55.3. The molecular weight excluding hydrogens is 400 g/mol. The smallest absolute Gasteiger partial charge is 0.322 e. The van der Waals surface area contributed by atoms with Crippen molar-refractivity contribution in [3.8, 4) is 0 Å². The topological polar surface area (TPSA) is 51.0 Å². The first kappa shape index (κ1) is 20.1. The molecule has 2 aromatic carbocycles. The van der Waals surface area contributed by atoms with Crippen molar-refractivity contribution in [1.29, 1.82) is 0 Å². The predicted molar refractivity (Wildman–Crippen MR) is 100 cm³/mol. The highest BCUT2D eigenvalue weighted by Gasteiger charge is 2.38. The van der Waals surface area contributed by atoms with Crippen LogP contribution in [0.1, 0.15) is 44.7 Å². The number of aryl methyl sites for hydroxylation is 1. The summed E-state index contributed by atoms with van der Waals surface area (Å²) in [5.41, 5.74) is -0.400. The van der Waals surface area contributed by atoms with E-state index in [2.05, 4.69) is 10.2 Å². The van der Waals surface area contributed by atoms with E-state index in [1.165, 1.54) is 36.1 Å². The third kappa shape index (κ3) is 3.34. The Morgan fingerprint density at radius 2 is 1.73 bits per heavy atom. The fourth-order valence-electron chi connectivity index (χ4n) is 3.87. The lowest BCUT2D eigenvalue weighted by Gasteiger charge is -2.36. The summed E-state index contributed by atoms with van der Waals surface area (Å²) in [6.45, 7) is 3.74. The number of aromatic nitrogens is 3. The number of alkyl halides is 3. The average molecular weight is 418 g/mol. The molecule has 0 fully saturated rings. The second kappa shape index (κ2) is 7.23. The number of hydrogen-bond donors (Lipinski definition) is 0. The van der Waals surface area contributed by atoms with Crippen molar-refractivity contribution in [1.82, 2.24) is 19.7 Å². The summed E-state index contributed by atoms with van der Waals surface area (Å²) in [4.78, 5) is 14.9. The number of benzene rings is 2. The number of nitrogens with zero attached hydrogens (tertiary/aromatic N) is 4. The molecule has 0 saturated carbocycles. The zero-order valence-corrected chi connectivity index (χ0v) is 16.2. The van der Waals surface area contributed by atoms with E-state index < -0.39 is 29.5 Å². The molecule has 30 heavy (non-hydrogen) atoms. The van der Waals surface area contributed by atoms with Gasteiger partial charge in [-0.15, -0.1) is 10.2 Å². The molecule has 9 heteroatoms. The van der Waals surface area contributed by atoms with Crippen molar-refractivity contribution >= 4 is 5.91 Å². The number of carbonyl (C=O) groups is 1. The lowest BCUT2D eigenvalue weighted by Crippen LogP contribution is -2.43. The largest absolute Gasteiger partial charge is 0.416 e. The van der Waals surface area contributed by atoms with Gasteiger partial charge in [-0.25, -0.2) is 4.39 Å². The third-order valence-electron chi connectivity index (χ3n) is 5.40. The van der Waals surface area contributed by atoms with Crippen LogP contribution >= 0.6 is 0 Å². The summed E-state index contributed by atoms with van der Waals surface area (Å²) >= 11 is 0. The van der Waals surface area contributed by atoms with Gasteiger partial charge >= 0.3 is 6.18 Å². The van der Waals surface area contributed by atoms with E-state index >= 15 is 0 Å². The molecule has 1 aromatic heterocycles. The van der Waals surface area contributed by atoms with Crippen molar-refractivity contribution in [2.24, 2.45) is 0 Å². The highest BCUT2D eigenvalue weighted by Crippen LogP contribution is 2.36. The van der Waals surface area contributed by atoms with E-state index in [1.54, 1.807) is 19.1 Å². The lowest BCUT2D eigenvalue weighted by atomic mass is 9.97. The van der Waals surface area contributed by atoms with Crippen LogP contribution in [-0.2, 0) is 12.7 Å². The fraction of sp³-hybridized carbons (Fsp3) is 0.286. The highest BCUT2D eigenvalue weighted by molar-refractivity contribution is 5.96. The summed E-state index contributed by atoms with van der Waals surface area (Å²) in [5, 5.41) is 8.26. The molecule has 1 atom stereocenters. The van der Waals surface area contributed by atoms with Gasteiger partial charge in [-0.3, -0.25) is 4.79 Å². The molecule has 0 N–H and O–H groups in total. The van der Waals surface area contributed by atoms with Gasteiger partial charge in [0.1, 0.15) is 17.7 Å². The molecule has 0 unspecified atom stereocenters. The first-order valence-corrected chi connectivity index (χ1v) is 9.31. The van der Waals surface area contributed by atoms with E-state index in [4.69, 9.17) is 0 Å². The zero-order chi connectivity index (χ0) is 21.6. The number of hydrogen-bond acceptors (Lipinski definition) is 3. The maximum absolute atomic E-state index is 13.5. The third-order valence-corrected chi connectivity index (χ3v) is 5.40. The maximum atomic E-state index is 13.5. The monoisotopic (exact) mass is 418 g/mol. The second-order valence-corrected chi connectivity index (χ2v) is 7.19. The molecule has 1 amide bonds. The molecule has 0 bridgehead atoms. The summed E-state index contributed by atoms with van der Waals surface area (Å²) in [6, 6.07) is 8.51. The van der Waals surface area contributed by atoms with Crippen LogP contribution in [0, 0.1) is 19.7 Å². The Morgan fingerprint density at radius 3 is 2.40 bits per heavy atom. The van der Waals surface area contributed by atoms with Gasteiger partial charge in [0.25, 0.3) is 5.91 Å². The first-order valence-electron chi connectivity index (χ1n) is 9.31. The number of fused-ring (bicyclic) bond motifs is 1. The van der Waals surface area contributed by atoms with Crippen molar-refractivity contribution in [2.45, 2.75) is 32.6 Å². The Hall–Kier alpha value is -3.23. The molecule has 2 heterocycles. The molecule has 1 aliphatic rings. The average Bonchev–Trinajstić information content (AvgIpc) is 3.08. The van der Waals surface area contributed by atoms with Gasteiger partial charge in [0.15, 0.2) is 5.82 Å². The summed E-state index contributed by atoms with van der Waals surface area (Å²) in [7, 11) is 0. The van der Waals surface area contributed by atoms with Crippen molar-refractivity contribution in [2.75, 3.05) is 6.54 Å². The predicted octanol–water partition coefficient (Wildman–Crippen LogP) is 4.30. The summed E-state index contributed by atoms with van der Waals surface area (Å²) in [6.07, 6.45) is -4.56. The minimum Gasteiger partial charge on any atom is -0.322 e. The van der Waals surface area contributed by atoms with Crippen LogP contribution in [0.4, 0.5) is 17.6 Å². The van der Waals surface area contributed by atoms with E-state index in [0.717, 1.165) is 6.07 Å². The number of halogens is 4. The Morgan fingerprint density at radius 1 is 1.03 bits per heavy atom. The normalized spacial score (nSPS) is 16.5. The van der Waals surface area contributed by atoms with Crippen LogP contribution in [0.25, 0.3) is 0 Å². The highest BCUT2D eigenvalue weighted by atomic mass is 19.4. The van der Waals surface area contributed by atoms with E-state index in [0.29, 0.717) is 23.8 Å². The van der Waals surface area contributed by atoms with E-state index in [9.17, 15) is 22.4 Å². The molecule has 0 saturated heterocycles. The van der Waals surface area contributed by atoms with Crippen molar-refractivity contribution < 1.29 is 22.4 Å². The van der Waals surface area contributed by atoms with Crippen LogP contribution in [0.2, 0.25) is 0 Å². The molecule has 3 aromatic rings. The van der Waals surface area contributed by atoms with Crippen LogP contribution in [0.3, 0.4) is 0 Å². The Bertz CT molecular complexity index is 1110. The number of amides is 1. The van der Waals surface area contributed by atoms with Crippen LogP contribution in [0.5, 0.6) is 0 Å². The van der Waals surface area contributed by atoms with Gasteiger partial charge in [-0.2, -0.15) is 13.2 Å². The van der Waals surface area contributed by atoms with Crippen LogP contribution in [0.15, 0.2) is 42.5 Å². The van der Waals surface area contributed by atoms with Gasteiger partial charge in [0.05, 0.1) is 5.56 Å². The maximum Gasteiger partial charge on any atom is 0.416 e. The van der Waals surface area contributed by atoms with Gasteiger partial charge in [0, 0.05) is 18.7 Å². The first-order chi connectivity index (χ1) is 14.2. The van der Waals surface area contributed by atoms with Gasteiger partial charge in [-0.1, -0.05) is 18.2 Å². The molecule has 0 spiro atoms. The van der Waals surface area contributed by atoms with Gasteiger partial charge in [0.2, 0.25) is 0 Å². The molecular formula is C21H18F4N4O. The zero-order valence-electron chi connectivity index (χ0n) is 16.2. The quantitative estimate of drug-likeness (QED) is 0.583. The molecule has 5 nitrogen and oxygen atoms in total. The number of rotatable bonds is 2. The Balaban J connectivity index is 1.81. The SMILES string of the molecule is Cc1c(C(=O)N2CCn3c(C)nnc3[C@H]2c2ccc(F)cc2)cccc1C(F)(F)F. The minimum atomic E-state index is -4.56. The van der Waals surface area contributed by atoms with Crippen molar-refractivity contribution in [3.05, 3.63) is 82.2 Å². The molecule has 156 valence electrons. The second-order valence-electron chi connectivity index (χ2n) is 7.19. The molecule has 4 rings (SSSR count). The van der Waals surface area contributed by atoms with Crippen LogP contribution in [-0.4, -0.2) is 32.1 Å². The molecule has 0 aliphatic carbocycles. The Labute approximate surface area is 170 Å². The standard InChI is InChI=1S/C21H18F4N4O/c1-12-16(4-3-5-17(12)21(23,24)25)20(30)29-11-10-28-13(2)26-27-19(28)18(29)14-6-8-15(22)9-7-14/h3-9,18H,10-11H2,1-2H3/t18-/m1/s1. The fourth-order valence-corrected chi connectivity index (χ4v) is 3.87.